The third-order valence-electron chi connectivity index (χ3n) is 7.59. The van der Waals surface area contributed by atoms with Gasteiger partial charge in [0, 0.05) is 18.7 Å². The number of fused-ring (bicyclic) bond motifs is 1. The van der Waals surface area contributed by atoms with Crippen molar-refractivity contribution in [1.82, 2.24) is 29.1 Å². The van der Waals surface area contributed by atoms with Gasteiger partial charge in [-0.2, -0.15) is 18.4 Å². The van der Waals surface area contributed by atoms with E-state index in [1.54, 1.807) is 6.07 Å². The number of hydrogen-bond acceptors (Lipinski definition) is 17. The summed E-state index contributed by atoms with van der Waals surface area (Å²) in [5.74, 6) is -3.05. The zero-order valence-electron chi connectivity index (χ0n) is 25.6. The smallest absolute Gasteiger partial charge is 0.387 e. The van der Waals surface area contributed by atoms with E-state index in [1.165, 1.54) is 0 Å². The highest BCUT2D eigenvalue weighted by molar-refractivity contribution is 7.47. The van der Waals surface area contributed by atoms with Gasteiger partial charge in [0.25, 0.3) is 5.56 Å². The van der Waals surface area contributed by atoms with Gasteiger partial charge in [0.15, 0.2) is 23.9 Å². The van der Waals surface area contributed by atoms with Crippen molar-refractivity contribution in [3.63, 3.8) is 0 Å². The number of phosphoric ester groups is 2. The number of phosphoric acid groups is 2. The van der Waals surface area contributed by atoms with E-state index in [4.69, 9.17) is 38.6 Å². The predicted molar refractivity (Wildman–Crippen MR) is 158 cm³/mol. The van der Waals surface area contributed by atoms with Crippen LogP contribution in [0.3, 0.4) is 0 Å². The molecular formula is C24H29F3N8O14P2. The molecule has 2 saturated heterocycles. The van der Waals surface area contributed by atoms with E-state index in [9.17, 15) is 51.9 Å². The van der Waals surface area contributed by atoms with Crippen molar-refractivity contribution in [2.75, 3.05) is 25.6 Å². The number of ether oxygens (including phenoxy) is 2. The summed E-state index contributed by atoms with van der Waals surface area (Å²) in [6.07, 6.45) is -16.3. The van der Waals surface area contributed by atoms with Crippen LogP contribution in [-0.4, -0.2) is 106 Å². The van der Waals surface area contributed by atoms with E-state index in [2.05, 4.69) is 15.0 Å². The van der Waals surface area contributed by atoms with Crippen LogP contribution in [0.2, 0.25) is 0 Å². The van der Waals surface area contributed by atoms with Gasteiger partial charge in [-0.3, -0.25) is 37.0 Å². The fourth-order valence-corrected chi connectivity index (χ4v) is 7.00. The lowest BCUT2D eigenvalue weighted by atomic mass is 9.99. The Bertz CT molecular complexity index is 1970. The maximum Gasteiger partial charge on any atom is 0.472 e. The summed E-state index contributed by atoms with van der Waals surface area (Å²) < 4.78 is 102. The van der Waals surface area contributed by atoms with Crippen LogP contribution in [0.25, 0.3) is 11.2 Å². The quantitative estimate of drug-likeness (QED) is 0.0896. The minimum atomic E-state index is -5.63. The van der Waals surface area contributed by atoms with Crippen LogP contribution in [0.5, 0.6) is 0 Å². The van der Waals surface area contributed by atoms with Gasteiger partial charge in [-0.1, -0.05) is 0 Å². The topological polar surface area (TPSA) is 319 Å². The number of hydrogen-bond donors (Lipinski definition) is 6. The number of aromatic amines is 1. The van der Waals surface area contributed by atoms with Crippen molar-refractivity contribution in [2.24, 2.45) is 5.92 Å². The molecule has 2 aliphatic heterocycles. The van der Waals surface area contributed by atoms with Crippen molar-refractivity contribution in [3.8, 4) is 6.07 Å². The molecule has 0 bridgehead atoms. The minimum absolute atomic E-state index is 0.0107. The maximum atomic E-state index is 14.8. The molecule has 3 aromatic rings. The highest BCUT2D eigenvalue weighted by Gasteiger charge is 2.61. The molecule has 10 atom stereocenters. The van der Waals surface area contributed by atoms with Crippen LogP contribution in [0.4, 0.5) is 19.0 Å². The van der Waals surface area contributed by atoms with Crippen LogP contribution in [0.1, 0.15) is 25.3 Å². The second-order valence-corrected chi connectivity index (χ2v) is 13.8. The van der Waals surface area contributed by atoms with Crippen LogP contribution in [0.15, 0.2) is 34.5 Å². The lowest BCUT2D eigenvalue weighted by Gasteiger charge is -2.28. The summed E-state index contributed by atoms with van der Waals surface area (Å²) in [5.41, 5.74) is 3.55. The number of rotatable bonds is 14. The zero-order valence-corrected chi connectivity index (χ0v) is 27.4. The summed E-state index contributed by atoms with van der Waals surface area (Å²) in [7, 11) is -10.6. The van der Waals surface area contributed by atoms with E-state index < -0.39 is 102 Å². The third kappa shape index (κ3) is 8.71. The summed E-state index contributed by atoms with van der Waals surface area (Å²) in [6, 6.07) is 2.68. The molecule has 2 aliphatic rings. The van der Waals surface area contributed by atoms with Crippen LogP contribution < -0.4 is 17.0 Å². The average molecular weight is 772 g/mol. The number of H-pyrrole nitrogens is 1. The van der Waals surface area contributed by atoms with Gasteiger partial charge < -0.3 is 35.2 Å². The number of nitrogens with two attached hydrogens (primary N) is 1. The lowest BCUT2D eigenvalue weighted by Crippen LogP contribution is -2.40. The molecule has 0 saturated carbocycles. The predicted octanol–water partition coefficient (Wildman–Crippen LogP) is -0.407. The number of nitrogens with one attached hydrogen (secondary N) is 1. The number of aromatic nitrogens is 6. The van der Waals surface area contributed by atoms with E-state index in [-0.39, 0.29) is 29.8 Å². The summed E-state index contributed by atoms with van der Waals surface area (Å²) >= 11 is 0. The highest BCUT2D eigenvalue weighted by atomic mass is 31.2. The number of imidazole rings is 1. The monoisotopic (exact) mass is 772 g/mol. The van der Waals surface area contributed by atoms with E-state index in [0.29, 0.717) is 4.57 Å². The number of halogens is 3. The largest absolute Gasteiger partial charge is 0.472 e. The molecule has 51 heavy (non-hydrogen) atoms. The number of nitrogen functional groups attached to an aromatic ring is 1. The van der Waals surface area contributed by atoms with Gasteiger partial charge in [0.1, 0.15) is 48.3 Å². The van der Waals surface area contributed by atoms with Gasteiger partial charge in [-0.25, -0.2) is 28.9 Å². The molecule has 27 heteroatoms. The molecule has 280 valence electrons. The molecule has 0 spiro atoms. The van der Waals surface area contributed by atoms with Gasteiger partial charge in [-0.15, -0.1) is 0 Å². The van der Waals surface area contributed by atoms with Crippen LogP contribution in [-0.2, 0) is 36.7 Å². The van der Waals surface area contributed by atoms with Crippen LogP contribution >= 0.6 is 15.6 Å². The highest BCUT2D eigenvalue weighted by Crippen LogP contribution is 2.55. The fourth-order valence-electron chi connectivity index (χ4n) is 5.26. The second kappa shape index (κ2) is 15.2. The Morgan fingerprint density at radius 3 is 2.37 bits per heavy atom. The minimum Gasteiger partial charge on any atom is -0.387 e. The molecule has 3 aromatic heterocycles. The first-order chi connectivity index (χ1) is 23.9. The molecule has 0 amide bonds. The normalized spacial score (nSPS) is 29.1. The van der Waals surface area contributed by atoms with Crippen molar-refractivity contribution in [1.29, 1.82) is 5.26 Å². The molecule has 5 rings (SSSR count). The Hall–Kier alpha value is -3.63. The number of unbranched alkanes of at least 4 members (excludes halogenated alkanes) is 1. The van der Waals surface area contributed by atoms with Gasteiger partial charge in [0.05, 0.1) is 32.2 Å². The Morgan fingerprint density at radius 2 is 1.69 bits per heavy atom. The number of aliphatic hydroxyl groups is 2. The van der Waals surface area contributed by atoms with E-state index >= 15 is 0 Å². The van der Waals surface area contributed by atoms with Crippen molar-refractivity contribution in [2.45, 2.75) is 62.0 Å². The Morgan fingerprint density at radius 1 is 1.00 bits per heavy atom. The van der Waals surface area contributed by atoms with Gasteiger partial charge in [0.2, 0.25) is 0 Å². The average Bonchev–Trinajstić information content (AvgIpc) is 3.71. The van der Waals surface area contributed by atoms with Crippen molar-refractivity contribution < 1.29 is 69.9 Å². The summed E-state index contributed by atoms with van der Waals surface area (Å²) in [5, 5.41) is 29.5. The standard InChI is InChI=1S/C24H29F3N8O14P2/c25-24(26,27)14-18(49-51(42,43)46-7-11-16(37)17(38)22(47-11)34-5-3-13(36)33-23(34)39)12(8-45-50(40,41)44-6-2-1-4-28)48-21(14)35-10-32-15-19(29)30-9-31-20(15)35/h3,5,9-12,14,16-18,21-22,37-38H,1-2,6-8H2,(H,40,41)(H,42,43)(H2,29,30,31)(H,33,36,39)/t11-,12-,14?,16?,17?,18?,21-,22-/m1/s1. The first kappa shape index (κ1) is 38.6. The molecule has 22 nitrogen and oxygen atoms in total. The molecule has 0 radical (unpaired) electrons. The molecule has 0 aromatic carbocycles. The lowest BCUT2D eigenvalue weighted by molar-refractivity contribution is -0.209. The van der Waals surface area contributed by atoms with E-state index in [1.807, 2.05) is 4.98 Å². The SMILES string of the molecule is N#CCCCOP(=O)(O)OC[C@H]1O[C@@H](n2cnc3c(N)ncnc32)C(C(F)(F)F)C1OP(=O)(O)OC[C@H]1O[C@@H](n2ccc(=O)[nH]c2=O)C(O)C1O. The number of nitrogens with zero attached hydrogens (tertiary/aromatic N) is 6. The van der Waals surface area contributed by atoms with Crippen LogP contribution in [0, 0.1) is 17.2 Å². The van der Waals surface area contributed by atoms with Gasteiger partial charge in [-0.05, 0) is 6.42 Å². The molecular weight excluding hydrogens is 743 g/mol. The molecule has 7 N–H and O–H groups in total. The third-order valence-corrected chi connectivity index (χ3v) is 9.56. The summed E-state index contributed by atoms with van der Waals surface area (Å²) in [6.45, 7) is -2.72. The Labute approximate surface area is 282 Å². The van der Waals surface area contributed by atoms with E-state index in [0.717, 1.165) is 29.5 Å². The number of nitriles is 1. The molecule has 0 aliphatic carbocycles. The number of aliphatic hydroxyl groups excluding tert-OH is 2. The zero-order chi connectivity index (χ0) is 37.3. The number of alkyl halides is 3. The molecule has 2 fully saturated rings. The first-order valence-corrected chi connectivity index (χ1v) is 17.5. The summed E-state index contributed by atoms with van der Waals surface area (Å²) in [4.78, 5) is 57.6. The maximum absolute atomic E-state index is 14.8. The van der Waals surface area contributed by atoms with Gasteiger partial charge >= 0.3 is 27.5 Å². The fraction of sp³-hybridized carbons (Fsp3) is 0.583. The number of anilines is 1. The Kier molecular flexibility index (Phi) is 11.5. The van der Waals surface area contributed by atoms with Crippen molar-refractivity contribution >= 4 is 32.6 Å². The Balaban J connectivity index is 1.38. The molecule has 6 unspecified atom stereocenters. The second-order valence-electron chi connectivity index (χ2n) is 11.0. The molecule has 5 heterocycles. The van der Waals surface area contributed by atoms with Crippen molar-refractivity contribution in [3.05, 3.63) is 45.8 Å². The first-order valence-electron chi connectivity index (χ1n) is 14.6.